The summed E-state index contributed by atoms with van der Waals surface area (Å²) in [6.45, 7) is 1.36. The van der Waals surface area contributed by atoms with Crippen molar-refractivity contribution in [3.05, 3.63) is 34.2 Å². The topological polar surface area (TPSA) is 120 Å². The summed E-state index contributed by atoms with van der Waals surface area (Å²) in [7, 11) is 0. The number of benzene rings is 1. The smallest absolute Gasteiger partial charge is 0.306 e. The molecule has 1 aliphatic carbocycles. The number of carboxylic acid groups (broad SMARTS) is 1. The largest absolute Gasteiger partial charge is 0.481 e. The van der Waals surface area contributed by atoms with Gasteiger partial charge in [0.25, 0.3) is 0 Å². The second-order valence-corrected chi connectivity index (χ2v) is 10.1. The third-order valence-corrected chi connectivity index (χ3v) is 6.97. The summed E-state index contributed by atoms with van der Waals surface area (Å²) in [5.74, 6) is -0.764. The number of hydrogen-bond acceptors (Lipinski definition) is 7. The Labute approximate surface area is 223 Å². The number of rotatable bonds is 7. The number of ether oxygens (including phenoxy) is 1. The summed E-state index contributed by atoms with van der Waals surface area (Å²) < 4.78 is 19.8. The molecule has 1 aliphatic heterocycles. The molecule has 0 spiro atoms. The quantitative estimate of drug-likeness (QED) is 0.284. The maximum absolute atomic E-state index is 14.3. The number of thiocarbonyl (C=S) groups is 1. The fourth-order valence-electron chi connectivity index (χ4n) is 4.28. The first kappa shape index (κ1) is 26.6. The highest BCUT2D eigenvalue weighted by molar-refractivity contribution is 7.80. The third-order valence-electron chi connectivity index (χ3n) is 6.25. The summed E-state index contributed by atoms with van der Waals surface area (Å²) in [5, 5.41) is 22.2. The van der Waals surface area contributed by atoms with E-state index in [2.05, 4.69) is 31.2 Å². The Morgan fingerprint density at radius 1 is 1.06 bits per heavy atom. The van der Waals surface area contributed by atoms with E-state index in [4.69, 9.17) is 40.2 Å². The first-order valence-corrected chi connectivity index (χ1v) is 12.9. The van der Waals surface area contributed by atoms with Gasteiger partial charge in [0, 0.05) is 30.3 Å². The van der Waals surface area contributed by atoms with Crippen LogP contribution in [0.25, 0.3) is 0 Å². The molecule has 0 unspecified atom stereocenters. The minimum Gasteiger partial charge on any atom is -0.481 e. The fourth-order valence-corrected chi connectivity index (χ4v) is 5.01. The van der Waals surface area contributed by atoms with E-state index in [1.165, 1.54) is 6.07 Å². The lowest BCUT2D eigenvalue weighted by Crippen LogP contribution is -2.31. The molecule has 0 bridgehead atoms. The highest BCUT2D eigenvalue weighted by atomic mass is 35.5. The van der Waals surface area contributed by atoms with Crippen molar-refractivity contribution in [1.29, 1.82) is 0 Å². The molecule has 36 heavy (non-hydrogen) atoms. The third kappa shape index (κ3) is 7.06. The predicted molar refractivity (Wildman–Crippen MR) is 143 cm³/mol. The normalized spacial score (nSPS) is 20.4. The van der Waals surface area contributed by atoms with Gasteiger partial charge in [-0.2, -0.15) is 4.98 Å². The lowest BCUT2D eigenvalue weighted by molar-refractivity contribution is -0.142. The second-order valence-electron chi connectivity index (χ2n) is 8.84. The van der Waals surface area contributed by atoms with Gasteiger partial charge < -0.3 is 31.1 Å². The highest BCUT2D eigenvalue weighted by Crippen LogP contribution is 2.31. The van der Waals surface area contributed by atoms with Gasteiger partial charge in [0.05, 0.1) is 22.8 Å². The number of aliphatic carboxylic acids is 1. The van der Waals surface area contributed by atoms with Crippen LogP contribution in [0, 0.1) is 11.7 Å². The molecule has 0 amide bonds. The Balaban J connectivity index is 1.50. The van der Waals surface area contributed by atoms with Gasteiger partial charge in [0.1, 0.15) is 11.5 Å². The average molecular weight is 557 g/mol. The van der Waals surface area contributed by atoms with Crippen molar-refractivity contribution in [1.82, 2.24) is 9.97 Å². The van der Waals surface area contributed by atoms with Crippen LogP contribution in [0.2, 0.25) is 10.0 Å². The molecule has 0 radical (unpaired) electrons. The van der Waals surface area contributed by atoms with Crippen LogP contribution in [0.5, 0.6) is 0 Å². The summed E-state index contributed by atoms with van der Waals surface area (Å²) in [5.41, 5.74) is 0.481. The standard InChI is InChI=1S/C23H27Cl2FN6O3S/c24-13-9-16(25)19(17(26)10-13)31-23(36)30-18-11-27-22(29-15-5-7-35-8-6-15)32-20(18)28-14-3-1-12(2-4-14)21(33)34/h9-12,14-15H,1-8H2,(H,33,34)(H2,30,31,36)(H2,27,28,29,32)/t12-,14-. The molecule has 5 N–H and O–H groups in total. The van der Waals surface area contributed by atoms with Gasteiger partial charge in [-0.1, -0.05) is 23.2 Å². The molecule has 1 aromatic heterocycles. The maximum atomic E-state index is 14.3. The zero-order valence-corrected chi connectivity index (χ0v) is 21.6. The van der Waals surface area contributed by atoms with Crippen LogP contribution in [-0.4, -0.2) is 51.5 Å². The number of hydrogen-bond donors (Lipinski definition) is 5. The summed E-state index contributed by atoms with van der Waals surface area (Å²) in [6, 6.07) is 2.79. The lowest BCUT2D eigenvalue weighted by atomic mass is 9.86. The number of nitrogens with zero attached hydrogens (tertiary/aromatic N) is 2. The van der Waals surface area contributed by atoms with E-state index in [1.54, 1.807) is 6.20 Å². The molecule has 2 fully saturated rings. The van der Waals surface area contributed by atoms with Crippen LogP contribution in [0.1, 0.15) is 38.5 Å². The molecule has 1 saturated carbocycles. The number of halogens is 3. The molecule has 4 rings (SSSR count). The summed E-state index contributed by atoms with van der Waals surface area (Å²) >= 11 is 17.3. The van der Waals surface area contributed by atoms with Crippen LogP contribution < -0.4 is 21.3 Å². The molecule has 1 aromatic carbocycles. The van der Waals surface area contributed by atoms with Crippen molar-refractivity contribution in [2.75, 3.05) is 34.5 Å². The molecule has 2 heterocycles. The van der Waals surface area contributed by atoms with Crippen LogP contribution in [0.4, 0.5) is 27.5 Å². The van der Waals surface area contributed by atoms with Crippen molar-refractivity contribution in [2.45, 2.75) is 50.6 Å². The lowest BCUT2D eigenvalue weighted by Gasteiger charge is -2.28. The molecule has 2 aromatic rings. The van der Waals surface area contributed by atoms with E-state index in [0.717, 1.165) is 18.9 Å². The summed E-state index contributed by atoms with van der Waals surface area (Å²) in [6.07, 6.45) is 5.85. The minimum atomic E-state index is -0.759. The highest BCUT2D eigenvalue weighted by Gasteiger charge is 2.27. The van der Waals surface area contributed by atoms with Gasteiger partial charge >= 0.3 is 5.97 Å². The van der Waals surface area contributed by atoms with Crippen LogP contribution in [0.3, 0.4) is 0 Å². The molecule has 1 saturated heterocycles. The zero-order valence-electron chi connectivity index (χ0n) is 19.3. The molecule has 13 heteroatoms. The van der Waals surface area contributed by atoms with Gasteiger partial charge in [-0.3, -0.25) is 4.79 Å². The molecule has 2 aliphatic rings. The van der Waals surface area contributed by atoms with Gasteiger partial charge in [0.2, 0.25) is 5.95 Å². The van der Waals surface area contributed by atoms with E-state index >= 15 is 0 Å². The predicted octanol–water partition coefficient (Wildman–Crippen LogP) is 5.38. The number of carboxylic acids is 1. The van der Waals surface area contributed by atoms with Crippen molar-refractivity contribution in [3.63, 3.8) is 0 Å². The molecular formula is C23H27Cl2FN6O3S. The van der Waals surface area contributed by atoms with Gasteiger partial charge in [0.15, 0.2) is 10.9 Å². The second kappa shape index (κ2) is 12.2. The number of carbonyl (C=O) groups is 1. The monoisotopic (exact) mass is 556 g/mol. The first-order valence-electron chi connectivity index (χ1n) is 11.7. The van der Waals surface area contributed by atoms with Crippen LogP contribution >= 0.6 is 35.4 Å². The van der Waals surface area contributed by atoms with Crippen molar-refractivity contribution < 1.29 is 19.0 Å². The Kier molecular flexibility index (Phi) is 9.00. The van der Waals surface area contributed by atoms with Crippen LogP contribution in [0.15, 0.2) is 18.3 Å². The Morgan fingerprint density at radius 2 is 1.75 bits per heavy atom. The van der Waals surface area contributed by atoms with Crippen LogP contribution in [-0.2, 0) is 9.53 Å². The molecule has 0 atom stereocenters. The number of nitrogens with one attached hydrogen (secondary N) is 4. The Morgan fingerprint density at radius 3 is 2.42 bits per heavy atom. The van der Waals surface area contributed by atoms with Crippen molar-refractivity contribution in [2.24, 2.45) is 5.92 Å². The van der Waals surface area contributed by atoms with E-state index in [9.17, 15) is 14.3 Å². The zero-order chi connectivity index (χ0) is 25.7. The molecule has 194 valence electrons. The number of anilines is 4. The van der Waals surface area contributed by atoms with E-state index < -0.39 is 11.8 Å². The fraction of sp³-hybridized carbons (Fsp3) is 0.478. The Bertz CT molecular complexity index is 1090. The number of aromatic nitrogens is 2. The molecular weight excluding hydrogens is 530 g/mol. The van der Waals surface area contributed by atoms with Gasteiger partial charge in [-0.25, -0.2) is 9.37 Å². The average Bonchev–Trinajstić information content (AvgIpc) is 2.84. The van der Waals surface area contributed by atoms with Gasteiger partial charge in [-0.15, -0.1) is 0 Å². The van der Waals surface area contributed by atoms with E-state index in [-0.39, 0.29) is 38.8 Å². The Hall–Kier alpha value is -2.47. The maximum Gasteiger partial charge on any atom is 0.306 e. The SMILES string of the molecule is O=C(O)[C@H]1CC[C@H](Nc2nc(NC3CCOCC3)ncc2NC(=S)Nc2c(F)cc(Cl)cc2Cl)CC1. The molecule has 9 nitrogen and oxygen atoms in total. The summed E-state index contributed by atoms with van der Waals surface area (Å²) in [4.78, 5) is 20.4. The van der Waals surface area contributed by atoms with Crippen molar-refractivity contribution >= 4 is 69.6 Å². The van der Waals surface area contributed by atoms with Gasteiger partial charge in [-0.05, 0) is 62.9 Å². The first-order chi connectivity index (χ1) is 17.3. The van der Waals surface area contributed by atoms with Crippen molar-refractivity contribution in [3.8, 4) is 0 Å². The van der Waals surface area contributed by atoms with E-state index in [0.29, 0.717) is 56.4 Å². The minimum absolute atomic E-state index is 0.00112. The van der Waals surface area contributed by atoms with E-state index in [1.807, 2.05) is 0 Å².